The molecule has 3 heteroatoms. The van der Waals surface area contributed by atoms with Crippen molar-refractivity contribution < 1.29 is 14.6 Å². The first-order chi connectivity index (χ1) is 6.56. The maximum absolute atomic E-state index is 11.1. The number of carbonyl (C=O) groups excluding carboxylic acids is 1. The van der Waals surface area contributed by atoms with Crippen molar-refractivity contribution in [2.75, 3.05) is 7.11 Å². The number of ketones is 1. The number of aryl methyl sites for hydroxylation is 1. The van der Waals surface area contributed by atoms with Gasteiger partial charge in [0, 0.05) is 18.2 Å². The lowest BCUT2D eigenvalue weighted by Gasteiger charge is -2.12. The maximum atomic E-state index is 11.1. The molecule has 76 valence electrons. The van der Waals surface area contributed by atoms with Gasteiger partial charge in [-0.1, -0.05) is 12.1 Å². The number of benzene rings is 1. The van der Waals surface area contributed by atoms with Crippen LogP contribution < -0.4 is 0 Å². The van der Waals surface area contributed by atoms with Gasteiger partial charge in [0.05, 0.1) is 0 Å². The molecule has 0 radical (unpaired) electrons. The lowest BCUT2D eigenvalue weighted by molar-refractivity contribution is -0.0773. The summed E-state index contributed by atoms with van der Waals surface area (Å²) in [5.74, 6) is 0.0200. The lowest BCUT2D eigenvalue weighted by atomic mass is 10.0. The van der Waals surface area contributed by atoms with Crippen molar-refractivity contribution in [3.8, 4) is 0 Å². The minimum atomic E-state index is -0.920. The van der Waals surface area contributed by atoms with Gasteiger partial charge in [0.25, 0.3) is 0 Å². The third-order valence-corrected chi connectivity index (χ3v) is 2.17. The molecule has 0 aliphatic rings. The first-order valence-electron chi connectivity index (χ1n) is 4.38. The Morgan fingerprint density at radius 1 is 1.50 bits per heavy atom. The van der Waals surface area contributed by atoms with Gasteiger partial charge in [-0.05, 0) is 25.5 Å². The first kappa shape index (κ1) is 10.9. The van der Waals surface area contributed by atoms with Crippen molar-refractivity contribution in [2.45, 2.75) is 20.1 Å². The van der Waals surface area contributed by atoms with E-state index in [0.717, 1.165) is 5.56 Å². The van der Waals surface area contributed by atoms with Crippen LogP contribution in [0.3, 0.4) is 0 Å². The number of hydrogen-bond acceptors (Lipinski definition) is 3. The van der Waals surface area contributed by atoms with Gasteiger partial charge in [-0.2, -0.15) is 0 Å². The molecule has 0 aromatic heterocycles. The smallest absolute Gasteiger partial charge is 0.181 e. The number of rotatable bonds is 3. The summed E-state index contributed by atoms with van der Waals surface area (Å²) in [6.45, 7) is 3.35. The Bertz CT molecular complexity index is 344. The van der Waals surface area contributed by atoms with Gasteiger partial charge in [0.15, 0.2) is 12.1 Å². The fraction of sp³-hybridized carbons (Fsp3) is 0.364. The van der Waals surface area contributed by atoms with Gasteiger partial charge < -0.3 is 9.84 Å². The SMILES string of the molecule is COC(O)c1ccc(C(C)=O)cc1C. The molecule has 1 rings (SSSR count). The molecule has 0 saturated heterocycles. The van der Waals surface area contributed by atoms with E-state index in [1.807, 2.05) is 6.92 Å². The lowest BCUT2D eigenvalue weighted by Crippen LogP contribution is -2.03. The Kier molecular flexibility index (Phi) is 3.38. The Morgan fingerprint density at radius 2 is 2.14 bits per heavy atom. The molecular weight excluding hydrogens is 180 g/mol. The summed E-state index contributed by atoms with van der Waals surface area (Å²) in [5.41, 5.74) is 2.19. The molecular formula is C11H14O3. The molecule has 0 aliphatic heterocycles. The molecule has 0 saturated carbocycles. The van der Waals surface area contributed by atoms with Crippen LogP contribution in [-0.2, 0) is 4.74 Å². The van der Waals surface area contributed by atoms with Crippen LogP contribution in [0.4, 0.5) is 0 Å². The van der Waals surface area contributed by atoms with Gasteiger partial charge in [0.1, 0.15) is 0 Å². The molecule has 0 fully saturated rings. The van der Waals surface area contributed by atoms with Crippen molar-refractivity contribution in [3.05, 3.63) is 34.9 Å². The molecule has 0 heterocycles. The zero-order valence-corrected chi connectivity index (χ0v) is 8.57. The van der Waals surface area contributed by atoms with E-state index in [1.54, 1.807) is 18.2 Å². The molecule has 14 heavy (non-hydrogen) atoms. The van der Waals surface area contributed by atoms with E-state index in [2.05, 4.69) is 0 Å². The molecule has 0 spiro atoms. The molecule has 1 aromatic rings. The van der Waals surface area contributed by atoms with E-state index in [-0.39, 0.29) is 5.78 Å². The zero-order valence-electron chi connectivity index (χ0n) is 8.57. The number of carbonyl (C=O) groups is 1. The number of aliphatic hydroxyl groups is 1. The van der Waals surface area contributed by atoms with Crippen LogP contribution in [0.1, 0.15) is 34.7 Å². The average molecular weight is 194 g/mol. The highest BCUT2D eigenvalue weighted by molar-refractivity contribution is 5.94. The van der Waals surface area contributed by atoms with Crippen LogP contribution in [0.5, 0.6) is 0 Å². The van der Waals surface area contributed by atoms with Crippen LogP contribution in [0.2, 0.25) is 0 Å². The highest BCUT2D eigenvalue weighted by atomic mass is 16.6. The van der Waals surface area contributed by atoms with Crippen molar-refractivity contribution in [2.24, 2.45) is 0 Å². The molecule has 0 amide bonds. The van der Waals surface area contributed by atoms with Gasteiger partial charge in [-0.3, -0.25) is 4.79 Å². The second-order valence-corrected chi connectivity index (χ2v) is 3.22. The molecule has 0 bridgehead atoms. The molecule has 1 unspecified atom stereocenters. The van der Waals surface area contributed by atoms with Gasteiger partial charge in [-0.25, -0.2) is 0 Å². The van der Waals surface area contributed by atoms with E-state index in [1.165, 1.54) is 14.0 Å². The van der Waals surface area contributed by atoms with E-state index in [0.29, 0.717) is 11.1 Å². The van der Waals surface area contributed by atoms with E-state index in [4.69, 9.17) is 4.74 Å². The Morgan fingerprint density at radius 3 is 2.57 bits per heavy atom. The predicted octanol–water partition coefficient (Wildman–Crippen LogP) is 1.83. The number of hydrogen-bond donors (Lipinski definition) is 1. The monoisotopic (exact) mass is 194 g/mol. The van der Waals surface area contributed by atoms with E-state index in [9.17, 15) is 9.90 Å². The van der Waals surface area contributed by atoms with Gasteiger partial charge in [-0.15, -0.1) is 0 Å². The standard InChI is InChI=1S/C11H14O3/c1-7-6-9(8(2)12)4-5-10(7)11(13)14-3/h4-6,11,13H,1-3H3. The van der Waals surface area contributed by atoms with Crippen LogP contribution in [0.25, 0.3) is 0 Å². The molecule has 1 aromatic carbocycles. The number of Topliss-reactive ketones (excluding diaryl/α,β-unsaturated/α-hetero) is 1. The third kappa shape index (κ3) is 2.19. The summed E-state index contributed by atoms with van der Waals surface area (Å²) < 4.78 is 4.79. The second kappa shape index (κ2) is 4.35. The zero-order chi connectivity index (χ0) is 10.7. The largest absolute Gasteiger partial charge is 0.364 e. The van der Waals surface area contributed by atoms with Crippen molar-refractivity contribution in [1.29, 1.82) is 0 Å². The highest BCUT2D eigenvalue weighted by Crippen LogP contribution is 2.19. The van der Waals surface area contributed by atoms with E-state index >= 15 is 0 Å². The Labute approximate surface area is 83.3 Å². The summed E-state index contributed by atoms with van der Waals surface area (Å²) in [4.78, 5) is 11.1. The highest BCUT2D eigenvalue weighted by Gasteiger charge is 2.10. The summed E-state index contributed by atoms with van der Waals surface area (Å²) in [6, 6.07) is 5.15. The van der Waals surface area contributed by atoms with Crippen LogP contribution in [-0.4, -0.2) is 18.0 Å². The van der Waals surface area contributed by atoms with Crippen LogP contribution in [0.15, 0.2) is 18.2 Å². The summed E-state index contributed by atoms with van der Waals surface area (Å²) in [5, 5.41) is 9.43. The molecule has 0 aliphatic carbocycles. The van der Waals surface area contributed by atoms with Gasteiger partial charge >= 0.3 is 0 Å². The molecule has 3 nitrogen and oxygen atoms in total. The number of ether oxygens (including phenoxy) is 1. The fourth-order valence-electron chi connectivity index (χ4n) is 1.30. The number of aliphatic hydroxyl groups excluding tert-OH is 1. The Balaban J connectivity index is 3.07. The van der Waals surface area contributed by atoms with Crippen LogP contribution >= 0.6 is 0 Å². The quantitative estimate of drug-likeness (QED) is 0.590. The summed E-state index contributed by atoms with van der Waals surface area (Å²) >= 11 is 0. The van der Waals surface area contributed by atoms with E-state index < -0.39 is 6.29 Å². The van der Waals surface area contributed by atoms with Crippen LogP contribution in [0, 0.1) is 6.92 Å². The summed E-state index contributed by atoms with van der Waals surface area (Å²) in [6.07, 6.45) is -0.920. The second-order valence-electron chi connectivity index (χ2n) is 3.22. The first-order valence-corrected chi connectivity index (χ1v) is 4.38. The van der Waals surface area contributed by atoms with Gasteiger partial charge in [0.2, 0.25) is 0 Å². The Hall–Kier alpha value is -1.19. The van der Waals surface area contributed by atoms with Crippen molar-refractivity contribution in [3.63, 3.8) is 0 Å². The minimum Gasteiger partial charge on any atom is -0.364 e. The topological polar surface area (TPSA) is 46.5 Å². The summed E-state index contributed by atoms with van der Waals surface area (Å²) in [7, 11) is 1.43. The number of methoxy groups -OCH3 is 1. The predicted molar refractivity (Wildman–Crippen MR) is 53.2 cm³/mol. The maximum Gasteiger partial charge on any atom is 0.181 e. The average Bonchev–Trinajstić information content (AvgIpc) is 2.16. The minimum absolute atomic E-state index is 0.0200. The van der Waals surface area contributed by atoms with Crippen molar-refractivity contribution in [1.82, 2.24) is 0 Å². The molecule has 1 N–H and O–H groups in total. The normalized spacial score (nSPS) is 12.6. The third-order valence-electron chi connectivity index (χ3n) is 2.17. The molecule has 1 atom stereocenters. The van der Waals surface area contributed by atoms with Crippen molar-refractivity contribution >= 4 is 5.78 Å². The fourth-order valence-corrected chi connectivity index (χ4v) is 1.30.